The van der Waals surface area contributed by atoms with Crippen LogP contribution in [0.4, 0.5) is 5.69 Å². The van der Waals surface area contributed by atoms with Gasteiger partial charge in [0.05, 0.1) is 22.5 Å². The van der Waals surface area contributed by atoms with Crippen molar-refractivity contribution in [1.29, 1.82) is 0 Å². The predicted molar refractivity (Wildman–Crippen MR) is 126 cm³/mol. The van der Waals surface area contributed by atoms with Gasteiger partial charge < -0.3 is 5.32 Å². The number of anilines is 1. The molecule has 168 valence electrons. The Labute approximate surface area is 201 Å². The lowest BCUT2D eigenvalue weighted by atomic mass is 9.63. The molecule has 0 radical (unpaired) electrons. The Hall–Kier alpha value is -2.63. The van der Waals surface area contributed by atoms with Crippen molar-refractivity contribution in [3.05, 3.63) is 76.3 Å². The fraction of sp³-hybridized carbons (Fsp3) is 0.346. The molecule has 1 N–H and O–H groups in total. The number of amides is 3. The molecule has 2 aromatic carbocycles. The van der Waals surface area contributed by atoms with Crippen molar-refractivity contribution in [3.63, 3.8) is 0 Å². The Kier molecular flexibility index (Phi) is 4.89. The second-order valence-corrected chi connectivity index (χ2v) is 10.4. The van der Waals surface area contributed by atoms with Crippen LogP contribution in [0, 0.1) is 35.5 Å². The van der Waals surface area contributed by atoms with Gasteiger partial charge in [-0.2, -0.15) is 0 Å². The molecule has 2 saturated carbocycles. The zero-order chi connectivity index (χ0) is 22.9. The number of halogens is 2. The van der Waals surface area contributed by atoms with Crippen LogP contribution >= 0.6 is 23.2 Å². The monoisotopic (exact) mass is 480 g/mol. The molecule has 33 heavy (non-hydrogen) atoms. The van der Waals surface area contributed by atoms with E-state index in [9.17, 15) is 14.4 Å². The smallest absolute Gasteiger partial charge is 0.248 e. The number of carbonyl (C=O) groups excluding carboxylic acids is 3. The number of nitrogens with zero attached hydrogens (tertiary/aromatic N) is 1. The molecule has 5 aliphatic rings. The summed E-state index contributed by atoms with van der Waals surface area (Å²) < 4.78 is 0. The van der Waals surface area contributed by atoms with Crippen molar-refractivity contribution in [1.82, 2.24) is 4.90 Å². The quantitative estimate of drug-likeness (QED) is 0.502. The SMILES string of the molecule is O=C(Nc1ccc(Cl)cc1Cl)[C@@H](Cc1ccccc1)N1C(=O)[C@H]2[C@@H]3C=C[C@H]([C@H]4C[C@H]34)[C@@H]2C1=O. The molecule has 7 atom stereocenters. The molecule has 3 fully saturated rings. The summed E-state index contributed by atoms with van der Waals surface area (Å²) >= 11 is 12.3. The lowest BCUT2D eigenvalue weighted by Gasteiger charge is -2.37. The first-order valence-corrected chi connectivity index (χ1v) is 12.0. The molecule has 3 amide bonds. The van der Waals surface area contributed by atoms with Crippen molar-refractivity contribution in [3.8, 4) is 0 Å². The summed E-state index contributed by atoms with van der Waals surface area (Å²) in [5, 5.41) is 3.57. The Balaban J connectivity index is 1.34. The minimum Gasteiger partial charge on any atom is -0.323 e. The molecule has 4 aliphatic carbocycles. The molecular formula is C26H22Cl2N2O3. The average molecular weight is 481 g/mol. The number of likely N-dealkylation sites (tertiary alicyclic amines) is 1. The fourth-order valence-corrected chi connectivity index (χ4v) is 6.69. The van der Waals surface area contributed by atoms with Gasteiger partial charge in [-0.3, -0.25) is 19.3 Å². The van der Waals surface area contributed by atoms with Crippen LogP contribution in [-0.4, -0.2) is 28.7 Å². The van der Waals surface area contributed by atoms with Crippen LogP contribution in [0.3, 0.4) is 0 Å². The Morgan fingerprint density at radius 3 is 2.21 bits per heavy atom. The van der Waals surface area contributed by atoms with E-state index in [1.807, 2.05) is 30.3 Å². The van der Waals surface area contributed by atoms with Gasteiger partial charge in [-0.1, -0.05) is 65.7 Å². The van der Waals surface area contributed by atoms with Crippen molar-refractivity contribution in [2.45, 2.75) is 18.9 Å². The lowest BCUT2D eigenvalue weighted by Crippen LogP contribution is -2.49. The van der Waals surface area contributed by atoms with E-state index in [0.717, 1.165) is 12.0 Å². The minimum absolute atomic E-state index is 0.109. The Morgan fingerprint density at radius 2 is 1.61 bits per heavy atom. The number of imide groups is 1. The predicted octanol–water partition coefficient (Wildman–Crippen LogP) is 4.60. The molecule has 0 aromatic heterocycles. The number of hydrogen-bond acceptors (Lipinski definition) is 3. The van der Waals surface area contributed by atoms with Crippen LogP contribution in [0.2, 0.25) is 10.0 Å². The summed E-state index contributed by atoms with van der Waals surface area (Å²) in [6.07, 6.45) is 5.60. The van der Waals surface area contributed by atoms with Gasteiger partial charge in [-0.15, -0.1) is 0 Å². The normalized spacial score (nSPS) is 31.9. The molecule has 5 nitrogen and oxygen atoms in total. The molecule has 2 aromatic rings. The van der Waals surface area contributed by atoms with Crippen LogP contribution in [0.5, 0.6) is 0 Å². The maximum atomic E-state index is 13.7. The van der Waals surface area contributed by atoms with Crippen molar-refractivity contribution < 1.29 is 14.4 Å². The van der Waals surface area contributed by atoms with Crippen LogP contribution in [0.25, 0.3) is 0 Å². The van der Waals surface area contributed by atoms with Crippen molar-refractivity contribution in [2.24, 2.45) is 35.5 Å². The van der Waals surface area contributed by atoms with Gasteiger partial charge in [0.1, 0.15) is 6.04 Å². The maximum absolute atomic E-state index is 13.7. The molecule has 1 saturated heterocycles. The van der Waals surface area contributed by atoms with Gasteiger partial charge in [-0.25, -0.2) is 0 Å². The molecule has 0 unspecified atom stereocenters. The van der Waals surface area contributed by atoms with Gasteiger partial charge in [-0.05, 0) is 53.9 Å². The molecule has 1 aliphatic heterocycles. The Bertz CT molecular complexity index is 1160. The third-order valence-corrected chi connectivity index (χ3v) is 8.32. The molecular weight excluding hydrogens is 459 g/mol. The minimum atomic E-state index is -0.958. The van der Waals surface area contributed by atoms with E-state index in [0.29, 0.717) is 27.6 Å². The van der Waals surface area contributed by atoms with E-state index in [2.05, 4.69) is 17.5 Å². The highest BCUT2D eigenvalue weighted by molar-refractivity contribution is 6.36. The van der Waals surface area contributed by atoms with Crippen LogP contribution < -0.4 is 5.32 Å². The third-order valence-electron chi connectivity index (χ3n) is 7.77. The highest BCUT2D eigenvalue weighted by atomic mass is 35.5. The standard InChI is InChI=1S/C26H22Cl2N2O3/c27-14-6-9-20(19(28)11-14)29-24(31)21(10-13-4-2-1-3-5-13)30-25(32)22-15-7-8-16(18-12-17(15)18)23(22)26(30)33/h1-9,11,15-18,21-23H,10,12H2,(H,29,31)/t15-,16-,17-,18-,21-,22+,23+/m1/s1. The number of hydrogen-bond donors (Lipinski definition) is 1. The number of rotatable bonds is 5. The van der Waals surface area contributed by atoms with Gasteiger partial charge in [0.2, 0.25) is 17.7 Å². The third kappa shape index (κ3) is 3.32. The fourth-order valence-electron chi connectivity index (χ4n) is 6.23. The van der Waals surface area contributed by atoms with Crippen LogP contribution in [0.15, 0.2) is 60.7 Å². The van der Waals surface area contributed by atoms with Crippen molar-refractivity contribution >= 4 is 46.6 Å². The molecule has 0 spiro atoms. The molecule has 2 bridgehead atoms. The van der Waals surface area contributed by atoms with E-state index in [1.54, 1.807) is 18.2 Å². The summed E-state index contributed by atoms with van der Waals surface area (Å²) in [6, 6.07) is 13.3. The first-order valence-electron chi connectivity index (χ1n) is 11.3. The maximum Gasteiger partial charge on any atom is 0.248 e. The Morgan fingerprint density at radius 1 is 0.970 bits per heavy atom. The van der Waals surface area contributed by atoms with Gasteiger partial charge >= 0.3 is 0 Å². The van der Waals surface area contributed by atoms with Crippen LogP contribution in [-0.2, 0) is 20.8 Å². The molecule has 7 heteroatoms. The largest absolute Gasteiger partial charge is 0.323 e. The number of nitrogens with one attached hydrogen (secondary N) is 1. The summed E-state index contributed by atoms with van der Waals surface area (Å²) in [6.45, 7) is 0. The number of allylic oxidation sites excluding steroid dienone is 2. The second kappa shape index (κ2) is 7.71. The zero-order valence-electron chi connectivity index (χ0n) is 17.7. The van der Waals surface area contributed by atoms with Crippen molar-refractivity contribution in [2.75, 3.05) is 5.32 Å². The highest BCUT2D eigenvalue weighted by Crippen LogP contribution is 2.65. The summed E-state index contributed by atoms with van der Waals surface area (Å²) in [7, 11) is 0. The van der Waals surface area contributed by atoms with E-state index in [4.69, 9.17) is 23.2 Å². The van der Waals surface area contributed by atoms with E-state index >= 15 is 0 Å². The van der Waals surface area contributed by atoms with E-state index in [-0.39, 0.29) is 41.9 Å². The summed E-state index contributed by atoms with van der Waals surface area (Å²) in [4.78, 5) is 42.1. The second-order valence-electron chi connectivity index (χ2n) is 9.52. The molecule has 1 heterocycles. The summed E-state index contributed by atoms with van der Waals surface area (Å²) in [5.41, 5.74) is 1.27. The summed E-state index contributed by atoms with van der Waals surface area (Å²) in [5.74, 6) is -0.326. The zero-order valence-corrected chi connectivity index (χ0v) is 19.2. The average Bonchev–Trinajstić information content (AvgIpc) is 3.59. The lowest BCUT2D eigenvalue weighted by molar-refractivity contribution is -0.146. The van der Waals surface area contributed by atoms with E-state index in [1.165, 1.54) is 4.90 Å². The first-order chi connectivity index (χ1) is 15.9. The molecule has 7 rings (SSSR count). The highest BCUT2D eigenvalue weighted by Gasteiger charge is 2.67. The number of benzene rings is 2. The topological polar surface area (TPSA) is 66.5 Å². The van der Waals surface area contributed by atoms with Gasteiger partial charge in [0, 0.05) is 11.4 Å². The van der Waals surface area contributed by atoms with Gasteiger partial charge in [0.25, 0.3) is 0 Å². The first kappa shape index (κ1) is 20.9. The van der Waals surface area contributed by atoms with Gasteiger partial charge in [0.15, 0.2) is 0 Å². The van der Waals surface area contributed by atoms with Crippen LogP contribution in [0.1, 0.15) is 12.0 Å². The van der Waals surface area contributed by atoms with E-state index < -0.39 is 11.9 Å². The number of carbonyl (C=O) groups is 3.